The van der Waals surface area contributed by atoms with Crippen LogP contribution in [0.2, 0.25) is 0 Å². The Balaban J connectivity index is 1.94. The summed E-state index contributed by atoms with van der Waals surface area (Å²) in [4.78, 5) is 24.0. The third-order valence-corrected chi connectivity index (χ3v) is 3.40. The summed E-state index contributed by atoms with van der Waals surface area (Å²) in [7, 11) is 0. The van der Waals surface area contributed by atoms with Crippen molar-refractivity contribution in [3.63, 3.8) is 0 Å². The van der Waals surface area contributed by atoms with E-state index in [0.717, 1.165) is 5.75 Å². The number of hydrogen-bond donors (Lipinski definition) is 2. The number of benzene rings is 2. The van der Waals surface area contributed by atoms with E-state index in [1.807, 2.05) is 6.92 Å². The molecule has 0 aliphatic rings. The Bertz CT molecular complexity index is 787. The molecular formula is C20H24N2O5. The van der Waals surface area contributed by atoms with E-state index >= 15 is 0 Å². The average Bonchev–Trinajstić information content (AvgIpc) is 2.62. The molecule has 0 heterocycles. The van der Waals surface area contributed by atoms with Crippen LogP contribution in [0, 0.1) is 0 Å². The van der Waals surface area contributed by atoms with Gasteiger partial charge >= 0.3 is 5.97 Å². The Morgan fingerprint density at radius 1 is 1.07 bits per heavy atom. The van der Waals surface area contributed by atoms with Crippen molar-refractivity contribution in [2.45, 2.75) is 26.9 Å². The van der Waals surface area contributed by atoms with Gasteiger partial charge < -0.3 is 25.3 Å². The second-order valence-corrected chi connectivity index (χ2v) is 6.00. The highest BCUT2D eigenvalue weighted by Crippen LogP contribution is 2.23. The zero-order valence-electron chi connectivity index (χ0n) is 15.7. The molecule has 0 aliphatic heterocycles. The summed E-state index contributed by atoms with van der Waals surface area (Å²) in [6.45, 7) is 5.75. The van der Waals surface area contributed by atoms with Gasteiger partial charge in [-0.05, 0) is 63.2 Å². The summed E-state index contributed by atoms with van der Waals surface area (Å²) in [6.07, 6.45) is -0.237. The fourth-order valence-corrected chi connectivity index (χ4v) is 2.21. The second kappa shape index (κ2) is 9.47. The van der Waals surface area contributed by atoms with Gasteiger partial charge in [0.1, 0.15) is 11.5 Å². The third-order valence-electron chi connectivity index (χ3n) is 3.40. The highest BCUT2D eigenvalue weighted by Gasteiger charge is 2.13. The van der Waals surface area contributed by atoms with E-state index in [-0.39, 0.29) is 24.4 Å². The maximum absolute atomic E-state index is 12.1. The third kappa shape index (κ3) is 6.22. The molecule has 27 heavy (non-hydrogen) atoms. The molecule has 7 nitrogen and oxygen atoms in total. The Kier molecular flexibility index (Phi) is 7.05. The van der Waals surface area contributed by atoms with E-state index in [9.17, 15) is 9.59 Å². The lowest BCUT2D eigenvalue weighted by molar-refractivity contribution is -0.118. The summed E-state index contributed by atoms with van der Waals surface area (Å²) in [6, 6.07) is 11.6. The lowest BCUT2D eigenvalue weighted by Gasteiger charge is -2.12. The SMILES string of the molecule is CCOc1ccc(NC(=O)COc2cc(C(=O)OC(C)C)ccc2N)cc1. The van der Waals surface area contributed by atoms with Crippen molar-refractivity contribution < 1.29 is 23.8 Å². The molecule has 0 atom stereocenters. The molecule has 0 saturated carbocycles. The molecule has 2 rings (SSSR count). The number of rotatable bonds is 8. The zero-order valence-corrected chi connectivity index (χ0v) is 15.7. The van der Waals surface area contributed by atoms with Gasteiger partial charge in [-0.3, -0.25) is 4.79 Å². The van der Waals surface area contributed by atoms with Crippen molar-refractivity contribution in [1.29, 1.82) is 0 Å². The molecule has 2 aromatic rings. The molecule has 0 saturated heterocycles. The first kappa shape index (κ1) is 20.1. The number of ether oxygens (including phenoxy) is 3. The molecule has 3 N–H and O–H groups in total. The van der Waals surface area contributed by atoms with Crippen molar-refractivity contribution in [3.8, 4) is 11.5 Å². The minimum absolute atomic E-state index is 0.237. The summed E-state index contributed by atoms with van der Waals surface area (Å²) in [5.74, 6) is 0.141. The van der Waals surface area contributed by atoms with Crippen molar-refractivity contribution in [3.05, 3.63) is 48.0 Å². The van der Waals surface area contributed by atoms with Crippen LogP contribution in [0.15, 0.2) is 42.5 Å². The van der Waals surface area contributed by atoms with Crippen molar-refractivity contribution in [2.75, 3.05) is 24.3 Å². The first-order chi connectivity index (χ1) is 12.9. The summed E-state index contributed by atoms with van der Waals surface area (Å²) in [5, 5.41) is 2.71. The highest BCUT2D eigenvalue weighted by atomic mass is 16.5. The summed E-state index contributed by atoms with van der Waals surface area (Å²) < 4.78 is 15.9. The Morgan fingerprint density at radius 2 is 1.78 bits per heavy atom. The van der Waals surface area contributed by atoms with Crippen LogP contribution in [0.25, 0.3) is 0 Å². The van der Waals surface area contributed by atoms with E-state index in [1.165, 1.54) is 12.1 Å². The van der Waals surface area contributed by atoms with E-state index in [2.05, 4.69) is 5.32 Å². The molecule has 0 spiro atoms. The van der Waals surface area contributed by atoms with Crippen LogP contribution in [0.4, 0.5) is 11.4 Å². The number of amides is 1. The Labute approximate surface area is 158 Å². The van der Waals surface area contributed by atoms with Crippen molar-refractivity contribution in [2.24, 2.45) is 0 Å². The van der Waals surface area contributed by atoms with Crippen molar-refractivity contribution >= 4 is 23.3 Å². The number of carbonyl (C=O) groups is 2. The van der Waals surface area contributed by atoms with Crippen LogP contribution >= 0.6 is 0 Å². The van der Waals surface area contributed by atoms with Crippen LogP contribution in [-0.2, 0) is 9.53 Å². The molecule has 0 unspecified atom stereocenters. The van der Waals surface area contributed by atoms with E-state index in [0.29, 0.717) is 23.5 Å². The van der Waals surface area contributed by atoms with E-state index in [4.69, 9.17) is 19.9 Å². The molecule has 0 bridgehead atoms. The second-order valence-electron chi connectivity index (χ2n) is 6.00. The van der Waals surface area contributed by atoms with Gasteiger partial charge in [-0.25, -0.2) is 4.79 Å². The number of nitrogen functional groups attached to an aromatic ring is 1. The Hall–Kier alpha value is -3.22. The van der Waals surface area contributed by atoms with Crippen LogP contribution in [-0.4, -0.2) is 31.2 Å². The standard InChI is InChI=1S/C20H24N2O5/c1-4-25-16-8-6-15(7-9-16)22-19(23)12-26-18-11-14(5-10-17(18)21)20(24)27-13(2)3/h5-11,13H,4,12,21H2,1-3H3,(H,22,23). The number of carbonyl (C=O) groups excluding carboxylic acids is 2. The smallest absolute Gasteiger partial charge is 0.338 e. The van der Waals surface area contributed by atoms with Crippen molar-refractivity contribution in [1.82, 2.24) is 0 Å². The molecule has 7 heteroatoms. The molecule has 0 aliphatic carbocycles. The molecule has 0 aromatic heterocycles. The molecular weight excluding hydrogens is 348 g/mol. The molecule has 2 aromatic carbocycles. The largest absolute Gasteiger partial charge is 0.494 e. The fraction of sp³-hybridized carbons (Fsp3) is 0.300. The molecule has 144 valence electrons. The highest BCUT2D eigenvalue weighted by molar-refractivity contribution is 5.92. The van der Waals surface area contributed by atoms with Gasteiger partial charge in [-0.2, -0.15) is 0 Å². The van der Waals surface area contributed by atoms with Gasteiger partial charge in [0.15, 0.2) is 6.61 Å². The predicted molar refractivity (Wildman–Crippen MR) is 103 cm³/mol. The number of anilines is 2. The van der Waals surface area contributed by atoms with Gasteiger partial charge in [-0.1, -0.05) is 0 Å². The predicted octanol–water partition coefficient (Wildman–Crippen LogP) is 3.25. The first-order valence-electron chi connectivity index (χ1n) is 8.65. The first-order valence-corrected chi connectivity index (χ1v) is 8.65. The normalized spacial score (nSPS) is 10.4. The molecule has 0 radical (unpaired) electrons. The van der Waals surface area contributed by atoms with Gasteiger partial charge in [0, 0.05) is 5.69 Å². The lowest BCUT2D eigenvalue weighted by atomic mass is 10.2. The van der Waals surface area contributed by atoms with Gasteiger partial charge in [0.2, 0.25) is 0 Å². The average molecular weight is 372 g/mol. The van der Waals surface area contributed by atoms with Gasteiger partial charge in [-0.15, -0.1) is 0 Å². The maximum atomic E-state index is 12.1. The molecule has 0 fully saturated rings. The maximum Gasteiger partial charge on any atom is 0.338 e. The van der Waals surface area contributed by atoms with Gasteiger partial charge in [0.05, 0.1) is 24.0 Å². The zero-order chi connectivity index (χ0) is 19.8. The number of nitrogens with two attached hydrogens (primary N) is 1. The van der Waals surface area contributed by atoms with Gasteiger partial charge in [0.25, 0.3) is 5.91 Å². The fourth-order valence-electron chi connectivity index (χ4n) is 2.21. The topological polar surface area (TPSA) is 99.9 Å². The minimum atomic E-state index is -0.478. The lowest BCUT2D eigenvalue weighted by Crippen LogP contribution is -2.20. The van der Waals surface area contributed by atoms with Crippen LogP contribution in [0.5, 0.6) is 11.5 Å². The van der Waals surface area contributed by atoms with E-state index in [1.54, 1.807) is 44.2 Å². The summed E-state index contributed by atoms with van der Waals surface area (Å²) in [5.41, 5.74) is 7.10. The number of nitrogens with one attached hydrogen (secondary N) is 1. The van der Waals surface area contributed by atoms with Crippen LogP contribution in [0.3, 0.4) is 0 Å². The summed E-state index contributed by atoms with van der Waals surface area (Å²) >= 11 is 0. The quantitative estimate of drug-likeness (QED) is 0.545. The monoisotopic (exact) mass is 372 g/mol. The Morgan fingerprint density at radius 3 is 2.41 bits per heavy atom. The van der Waals surface area contributed by atoms with Crippen LogP contribution in [0.1, 0.15) is 31.1 Å². The number of hydrogen-bond acceptors (Lipinski definition) is 6. The van der Waals surface area contributed by atoms with Crippen LogP contribution < -0.4 is 20.5 Å². The minimum Gasteiger partial charge on any atom is -0.494 e. The molecule has 1 amide bonds. The number of esters is 1. The van der Waals surface area contributed by atoms with E-state index < -0.39 is 5.97 Å².